The van der Waals surface area contributed by atoms with Gasteiger partial charge in [-0.05, 0) is 54.6 Å². The van der Waals surface area contributed by atoms with Crippen LogP contribution in [0, 0.1) is 0 Å². The highest BCUT2D eigenvalue weighted by Crippen LogP contribution is 2.34. The van der Waals surface area contributed by atoms with E-state index in [0.717, 1.165) is 4.47 Å². The molecule has 1 heterocycles. The van der Waals surface area contributed by atoms with Crippen LogP contribution in [0.15, 0.2) is 69.6 Å². The van der Waals surface area contributed by atoms with Crippen LogP contribution in [0.3, 0.4) is 0 Å². The highest BCUT2D eigenvalue weighted by molar-refractivity contribution is 9.10. The summed E-state index contributed by atoms with van der Waals surface area (Å²) in [6, 6.07) is 17.6. The minimum atomic E-state index is -0.205. The molecule has 134 valence electrons. The zero-order valence-corrected chi connectivity index (χ0v) is 16.8. The molecule has 0 fully saturated rings. The number of oxazole rings is 1. The fourth-order valence-corrected chi connectivity index (χ4v) is 3.24. The topological polar surface area (TPSA) is 55.1 Å². The summed E-state index contributed by atoms with van der Waals surface area (Å²) in [7, 11) is 0. The van der Waals surface area contributed by atoms with Crippen LogP contribution in [0.25, 0.3) is 22.6 Å². The van der Waals surface area contributed by atoms with Gasteiger partial charge in [0.1, 0.15) is 5.52 Å². The molecule has 0 radical (unpaired) electrons. The molecule has 1 N–H and O–H groups in total. The van der Waals surface area contributed by atoms with Crippen molar-refractivity contribution in [2.45, 2.75) is 0 Å². The molecule has 0 aliphatic carbocycles. The molecular formula is C20H11BrCl2N2O2. The van der Waals surface area contributed by atoms with Crippen molar-refractivity contribution in [1.29, 1.82) is 0 Å². The van der Waals surface area contributed by atoms with Crippen LogP contribution in [-0.4, -0.2) is 10.9 Å². The largest absolute Gasteiger partial charge is 0.436 e. The summed E-state index contributed by atoms with van der Waals surface area (Å²) < 4.78 is 6.69. The van der Waals surface area contributed by atoms with Gasteiger partial charge in [0.15, 0.2) is 5.58 Å². The van der Waals surface area contributed by atoms with E-state index in [1.807, 2.05) is 12.1 Å². The smallest absolute Gasteiger partial charge is 0.255 e. The van der Waals surface area contributed by atoms with Crippen molar-refractivity contribution in [2.24, 2.45) is 0 Å². The molecule has 27 heavy (non-hydrogen) atoms. The summed E-state index contributed by atoms with van der Waals surface area (Å²) in [6.45, 7) is 0. The third-order valence-electron chi connectivity index (χ3n) is 3.93. The molecule has 1 aromatic heterocycles. The van der Waals surface area contributed by atoms with E-state index in [1.165, 1.54) is 0 Å². The fourth-order valence-electron chi connectivity index (χ4n) is 2.59. The van der Waals surface area contributed by atoms with Crippen LogP contribution >= 0.6 is 39.1 Å². The van der Waals surface area contributed by atoms with Gasteiger partial charge in [0.05, 0.1) is 15.6 Å². The molecule has 0 bridgehead atoms. The second-order valence-corrected chi connectivity index (χ2v) is 7.46. The van der Waals surface area contributed by atoms with Gasteiger partial charge < -0.3 is 9.73 Å². The molecule has 4 aromatic rings. The number of rotatable bonds is 3. The van der Waals surface area contributed by atoms with Gasteiger partial charge in [-0.1, -0.05) is 45.2 Å². The molecule has 0 aliphatic rings. The van der Waals surface area contributed by atoms with E-state index >= 15 is 0 Å². The number of aromatic nitrogens is 1. The average Bonchev–Trinajstić information content (AvgIpc) is 3.07. The van der Waals surface area contributed by atoms with Crippen molar-refractivity contribution in [2.75, 3.05) is 5.32 Å². The highest BCUT2D eigenvalue weighted by atomic mass is 79.9. The van der Waals surface area contributed by atoms with Crippen molar-refractivity contribution in [3.8, 4) is 11.5 Å². The summed E-state index contributed by atoms with van der Waals surface area (Å²) in [5.74, 6) is 0.164. The number of carbonyl (C=O) groups is 1. The van der Waals surface area contributed by atoms with Gasteiger partial charge in [-0.25, -0.2) is 4.98 Å². The third-order valence-corrected chi connectivity index (χ3v) is 5.28. The Morgan fingerprint density at radius 2 is 1.81 bits per heavy atom. The minimum absolute atomic E-state index is 0.205. The molecule has 4 nitrogen and oxygen atoms in total. The number of nitrogens with one attached hydrogen (secondary N) is 1. The van der Waals surface area contributed by atoms with Gasteiger partial charge in [-0.3, -0.25) is 4.79 Å². The summed E-state index contributed by atoms with van der Waals surface area (Å²) in [5, 5.41) is 3.67. The number of hydrogen-bond acceptors (Lipinski definition) is 3. The van der Waals surface area contributed by atoms with Crippen molar-refractivity contribution in [3.05, 3.63) is 80.7 Å². The number of nitrogens with zero attached hydrogens (tertiary/aromatic N) is 1. The number of anilines is 1. The number of benzene rings is 3. The molecule has 4 rings (SSSR count). The Morgan fingerprint density at radius 1 is 1.04 bits per heavy atom. The van der Waals surface area contributed by atoms with Crippen LogP contribution in [-0.2, 0) is 0 Å². The van der Waals surface area contributed by atoms with Crippen LogP contribution in [0.1, 0.15) is 10.4 Å². The number of hydrogen-bond donors (Lipinski definition) is 1. The molecular weight excluding hydrogens is 451 g/mol. The second kappa shape index (κ2) is 7.35. The first-order valence-corrected chi connectivity index (χ1v) is 9.48. The lowest BCUT2D eigenvalue weighted by atomic mass is 10.2. The Bertz CT molecular complexity index is 1160. The molecule has 3 aromatic carbocycles. The Morgan fingerprint density at radius 3 is 2.59 bits per heavy atom. The summed E-state index contributed by atoms with van der Waals surface area (Å²) in [6.07, 6.45) is 0. The third kappa shape index (κ3) is 3.72. The van der Waals surface area contributed by atoms with E-state index in [9.17, 15) is 4.79 Å². The lowest BCUT2D eigenvalue weighted by molar-refractivity contribution is 0.102. The molecule has 0 spiro atoms. The number of carbonyl (C=O) groups excluding carboxylic acids is 1. The predicted molar refractivity (Wildman–Crippen MR) is 112 cm³/mol. The maximum absolute atomic E-state index is 12.4. The molecule has 0 atom stereocenters. The van der Waals surface area contributed by atoms with Crippen LogP contribution < -0.4 is 5.32 Å². The first kappa shape index (κ1) is 18.0. The molecule has 0 aliphatic heterocycles. The molecule has 0 saturated carbocycles. The van der Waals surface area contributed by atoms with Crippen molar-refractivity contribution in [3.63, 3.8) is 0 Å². The van der Waals surface area contributed by atoms with Crippen molar-refractivity contribution >= 4 is 61.8 Å². The SMILES string of the molecule is O=C(Nc1ccc2oc(-c3cccc(Cl)c3Cl)nc2c1)c1ccc(Br)cc1. The second-order valence-electron chi connectivity index (χ2n) is 5.76. The highest BCUT2D eigenvalue weighted by Gasteiger charge is 2.14. The quantitative estimate of drug-likeness (QED) is 0.364. The van der Waals surface area contributed by atoms with Crippen molar-refractivity contribution < 1.29 is 9.21 Å². The normalized spacial score (nSPS) is 10.9. The Balaban J connectivity index is 1.64. The predicted octanol–water partition coefficient (Wildman–Crippen LogP) is 6.82. The monoisotopic (exact) mass is 460 g/mol. The number of fused-ring (bicyclic) bond motifs is 1. The maximum atomic E-state index is 12.4. The van der Waals surface area contributed by atoms with Gasteiger partial charge >= 0.3 is 0 Å². The summed E-state index contributed by atoms with van der Waals surface area (Å²) in [5.41, 5.74) is 2.98. The first-order chi connectivity index (χ1) is 13.0. The minimum Gasteiger partial charge on any atom is -0.436 e. The summed E-state index contributed by atoms with van der Waals surface area (Å²) in [4.78, 5) is 16.8. The molecule has 0 unspecified atom stereocenters. The van der Waals surface area contributed by atoms with E-state index in [4.69, 9.17) is 27.6 Å². The fraction of sp³-hybridized carbons (Fsp3) is 0. The Labute approximate surface area is 173 Å². The van der Waals surface area contributed by atoms with E-state index in [0.29, 0.717) is 43.9 Å². The van der Waals surface area contributed by atoms with Gasteiger partial charge in [0.2, 0.25) is 5.89 Å². The maximum Gasteiger partial charge on any atom is 0.255 e. The van der Waals surface area contributed by atoms with Gasteiger partial charge in [-0.15, -0.1) is 0 Å². The van der Waals surface area contributed by atoms with Gasteiger partial charge in [0, 0.05) is 15.7 Å². The average molecular weight is 462 g/mol. The standard InChI is InChI=1S/C20H11BrCl2N2O2/c21-12-6-4-11(5-7-12)19(26)24-13-8-9-17-16(10-13)25-20(27-17)14-2-1-3-15(22)18(14)23/h1-10H,(H,24,26). The first-order valence-electron chi connectivity index (χ1n) is 7.93. The lowest BCUT2D eigenvalue weighted by Crippen LogP contribution is -2.11. The van der Waals surface area contributed by atoms with Crippen molar-refractivity contribution in [1.82, 2.24) is 4.98 Å². The molecule has 7 heteroatoms. The van der Waals surface area contributed by atoms with Gasteiger partial charge in [0.25, 0.3) is 5.91 Å². The van der Waals surface area contributed by atoms with Crippen LogP contribution in [0.4, 0.5) is 5.69 Å². The van der Waals surface area contributed by atoms with E-state index in [2.05, 4.69) is 26.2 Å². The Hall–Kier alpha value is -2.34. The summed E-state index contributed by atoms with van der Waals surface area (Å²) >= 11 is 15.7. The number of amides is 1. The lowest BCUT2D eigenvalue weighted by Gasteiger charge is -2.05. The van der Waals surface area contributed by atoms with Crippen LogP contribution in [0.5, 0.6) is 0 Å². The van der Waals surface area contributed by atoms with E-state index < -0.39 is 0 Å². The van der Waals surface area contributed by atoms with Crippen LogP contribution in [0.2, 0.25) is 10.0 Å². The zero-order valence-electron chi connectivity index (χ0n) is 13.7. The van der Waals surface area contributed by atoms with E-state index in [1.54, 1.807) is 48.5 Å². The van der Waals surface area contributed by atoms with Gasteiger partial charge in [-0.2, -0.15) is 0 Å². The Kier molecular flexibility index (Phi) is 4.91. The number of halogens is 3. The zero-order chi connectivity index (χ0) is 19.0. The molecule has 1 amide bonds. The molecule has 0 saturated heterocycles. The van der Waals surface area contributed by atoms with E-state index in [-0.39, 0.29) is 5.91 Å².